The van der Waals surface area contributed by atoms with Crippen molar-refractivity contribution in [2.24, 2.45) is 0 Å². The number of nitro benzene ring substituents is 1. The minimum absolute atomic E-state index is 0.0133. The van der Waals surface area contributed by atoms with Crippen LogP contribution in [0.25, 0.3) is 11.4 Å². The van der Waals surface area contributed by atoms with Crippen molar-refractivity contribution < 1.29 is 14.5 Å². The van der Waals surface area contributed by atoms with E-state index in [0.29, 0.717) is 30.0 Å². The van der Waals surface area contributed by atoms with Gasteiger partial charge in [0.2, 0.25) is 5.82 Å². The highest BCUT2D eigenvalue weighted by Gasteiger charge is 2.34. The van der Waals surface area contributed by atoms with Crippen molar-refractivity contribution >= 4 is 11.8 Å². The molecule has 0 N–H and O–H groups in total. The third-order valence-electron chi connectivity index (χ3n) is 3.71. The highest BCUT2D eigenvalue weighted by Crippen LogP contribution is 2.25. The topological polar surface area (TPSA) is 116 Å². The summed E-state index contributed by atoms with van der Waals surface area (Å²) in [6, 6.07) is 4.72. The van der Waals surface area contributed by atoms with Crippen molar-refractivity contribution in [2.75, 3.05) is 20.2 Å². The normalized spacial score (nSPS) is 14.4. The van der Waals surface area contributed by atoms with Gasteiger partial charge in [0.25, 0.3) is 5.69 Å². The summed E-state index contributed by atoms with van der Waals surface area (Å²) in [5.74, 6) is 0.310. The molecule has 0 unspecified atom stereocenters. The van der Waals surface area contributed by atoms with Crippen LogP contribution in [0.15, 0.2) is 18.2 Å². The minimum Gasteiger partial charge on any atom is -0.453 e. The van der Waals surface area contributed by atoms with Crippen molar-refractivity contribution in [3.05, 3.63) is 33.9 Å². The first-order chi connectivity index (χ1) is 11.0. The average Bonchev–Trinajstić information content (AvgIpc) is 2.95. The number of ether oxygens (including phenoxy) is 1. The maximum Gasteiger partial charge on any atom is 0.409 e. The van der Waals surface area contributed by atoms with Crippen molar-refractivity contribution in [3.8, 4) is 11.4 Å². The summed E-state index contributed by atoms with van der Waals surface area (Å²) in [6.45, 7) is 2.55. The molecule has 10 nitrogen and oxygen atoms in total. The van der Waals surface area contributed by atoms with E-state index < -0.39 is 11.0 Å². The molecule has 1 fully saturated rings. The first-order valence-corrected chi connectivity index (χ1v) is 6.87. The Morgan fingerprint density at radius 1 is 1.43 bits per heavy atom. The zero-order valence-corrected chi connectivity index (χ0v) is 12.5. The maximum atomic E-state index is 11.3. The quantitative estimate of drug-likeness (QED) is 0.616. The lowest BCUT2D eigenvalue weighted by atomic mass is 10.1. The number of likely N-dealkylation sites (tertiary alicyclic amines) is 1. The highest BCUT2D eigenvalue weighted by molar-refractivity contribution is 5.68. The van der Waals surface area contributed by atoms with Crippen molar-refractivity contribution in [1.82, 2.24) is 25.1 Å². The second kappa shape index (κ2) is 5.63. The van der Waals surface area contributed by atoms with Gasteiger partial charge in [0.1, 0.15) is 6.04 Å². The molecule has 0 saturated carbocycles. The second-order valence-electron chi connectivity index (χ2n) is 5.22. The van der Waals surface area contributed by atoms with Crippen LogP contribution in [0, 0.1) is 17.0 Å². The van der Waals surface area contributed by atoms with Crippen LogP contribution in [0.3, 0.4) is 0 Å². The zero-order chi connectivity index (χ0) is 16.6. The lowest BCUT2D eigenvalue weighted by molar-refractivity contribution is -0.385. The first kappa shape index (κ1) is 14.9. The van der Waals surface area contributed by atoms with Gasteiger partial charge in [-0.15, -0.1) is 10.2 Å². The number of aromatic nitrogens is 4. The molecule has 1 aromatic carbocycles. The number of carbonyl (C=O) groups is 1. The molecule has 0 bridgehead atoms. The Labute approximate surface area is 130 Å². The molecule has 0 aliphatic carbocycles. The number of nitrogens with zero attached hydrogens (tertiary/aromatic N) is 6. The van der Waals surface area contributed by atoms with Crippen LogP contribution in [0.1, 0.15) is 11.6 Å². The highest BCUT2D eigenvalue weighted by atomic mass is 16.6. The number of aryl methyl sites for hydroxylation is 1. The predicted octanol–water partition coefficient (Wildman–Crippen LogP) is 1.18. The van der Waals surface area contributed by atoms with E-state index >= 15 is 0 Å². The summed E-state index contributed by atoms with van der Waals surface area (Å²) in [5, 5.41) is 23.1. The van der Waals surface area contributed by atoms with Crippen molar-refractivity contribution in [1.29, 1.82) is 0 Å². The van der Waals surface area contributed by atoms with Gasteiger partial charge >= 0.3 is 6.09 Å². The van der Waals surface area contributed by atoms with Gasteiger partial charge in [-0.2, -0.15) is 4.80 Å². The molecule has 23 heavy (non-hydrogen) atoms. The molecule has 2 aromatic rings. The van der Waals surface area contributed by atoms with Gasteiger partial charge in [-0.1, -0.05) is 12.1 Å². The fraction of sp³-hybridized carbons (Fsp3) is 0.385. The summed E-state index contributed by atoms with van der Waals surface area (Å²) in [4.78, 5) is 24.8. The van der Waals surface area contributed by atoms with Crippen LogP contribution in [0.5, 0.6) is 0 Å². The predicted molar refractivity (Wildman–Crippen MR) is 77.7 cm³/mol. The lowest BCUT2D eigenvalue weighted by Gasteiger charge is -2.36. The number of benzene rings is 1. The lowest BCUT2D eigenvalue weighted by Crippen LogP contribution is -2.51. The van der Waals surface area contributed by atoms with Crippen LogP contribution in [0.2, 0.25) is 0 Å². The van der Waals surface area contributed by atoms with E-state index in [1.807, 2.05) is 0 Å². The number of amides is 1. The molecule has 0 atom stereocenters. The SMILES string of the molecule is COC(=O)N1CC(n2nnc(-c3ccc(C)c([N+](=O)[O-])c3)n2)C1. The fourth-order valence-corrected chi connectivity index (χ4v) is 2.32. The fourth-order valence-electron chi connectivity index (χ4n) is 2.32. The number of rotatable bonds is 3. The third kappa shape index (κ3) is 2.70. The van der Waals surface area contributed by atoms with E-state index in [2.05, 4.69) is 20.1 Å². The van der Waals surface area contributed by atoms with Gasteiger partial charge in [-0.3, -0.25) is 10.1 Å². The van der Waals surface area contributed by atoms with Crippen LogP contribution in [-0.2, 0) is 4.74 Å². The van der Waals surface area contributed by atoms with Gasteiger partial charge in [0.15, 0.2) is 0 Å². The van der Waals surface area contributed by atoms with Crippen LogP contribution < -0.4 is 0 Å². The van der Waals surface area contributed by atoms with E-state index in [1.54, 1.807) is 19.1 Å². The van der Waals surface area contributed by atoms with E-state index in [0.717, 1.165) is 0 Å². The number of hydrogen-bond acceptors (Lipinski definition) is 7. The van der Waals surface area contributed by atoms with E-state index in [4.69, 9.17) is 0 Å². The minimum atomic E-state index is -0.441. The summed E-state index contributed by atoms with van der Waals surface area (Å²) in [5.41, 5.74) is 1.11. The molecular weight excluding hydrogens is 304 g/mol. The summed E-state index contributed by atoms with van der Waals surface area (Å²) in [7, 11) is 1.33. The Balaban J connectivity index is 1.77. The van der Waals surface area contributed by atoms with Gasteiger partial charge in [0, 0.05) is 17.2 Å². The maximum absolute atomic E-state index is 11.3. The monoisotopic (exact) mass is 318 g/mol. The number of tetrazole rings is 1. The van der Waals surface area contributed by atoms with Gasteiger partial charge in [-0.05, 0) is 12.1 Å². The molecule has 1 aromatic heterocycles. The first-order valence-electron chi connectivity index (χ1n) is 6.87. The number of methoxy groups -OCH3 is 1. The third-order valence-corrected chi connectivity index (χ3v) is 3.71. The smallest absolute Gasteiger partial charge is 0.409 e. The molecule has 0 spiro atoms. The number of carbonyl (C=O) groups excluding carboxylic acids is 1. The number of hydrogen-bond donors (Lipinski definition) is 0. The average molecular weight is 318 g/mol. The van der Waals surface area contributed by atoms with Crippen LogP contribution in [0.4, 0.5) is 10.5 Å². The molecule has 0 radical (unpaired) electrons. The molecule has 2 heterocycles. The molecular formula is C13H14N6O4. The van der Waals surface area contributed by atoms with Gasteiger partial charge in [0.05, 0.1) is 25.1 Å². The molecule has 1 amide bonds. The Hall–Kier alpha value is -3.04. The largest absolute Gasteiger partial charge is 0.453 e. The molecule has 3 rings (SSSR count). The second-order valence-corrected chi connectivity index (χ2v) is 5.22. The Kier molecular flexibility index (Phi) is 3.64. The summed E-state index contributed by atoms with van der Waals surface area (Å²) in [6.07, 6.45) is -0.393. The van der Waals surface area contributed by atoms with Crippen molar-refractivity contribution in [3.63, 3.8) is 0 Å². The molecule has 10 heteroatoms. The van der Waals surface area contributed by atoms with Gasteiger partial charge < -0.3 is 9.64 Å². The Morgan fingerprint density at radius 2 is 2.17 bits per heavy atom. The van der Waals surface area contributed by atoms with E-state index in [1.165, 1.54) is 22.9 Å². The van der Waals surface area contributed by atoms with Crippen molar-refractivity contribution in [2.45, 2.75) is 13.0 Å². The summed E-state index contributed by atoms with van der Waals surface area (Å²) >= 11 is 0. The summed E-state index contributed by atoms with van der Waals surface area (Å²) < 4.78 is 4.62. The van der Waals surface area contributed by atoms with Crippen LogP contribution >= 0.6 is 0 Å². The molecule has 120 valence electrons. The molecule has 1 aliphatic heterocycles. The molecule has 1 saturated heterocycles. The molecule has 1 aliphatic rings. The zero-order valence-electron chi connectivity index (χ0n) is 12.5. The number of nitro groups is 1. The standard InChI is InChI=1S/C13H14N6O4/c1-8-3-4-9(5-11(8)19(21)22)12-14-16-18(15-12)10-6-17(7-10)13(20)23-2/h3-5,10H,6-7H2,1-2H3. The van der Waals surface area contributed by atoms with E-state index in [9.17, 15) is 14.9 Å². The van der Waals surface area contributed by atoms with E-state index in [-0.39, 0.29) is 11.7 Å². The van der Waals surface area contributed by atoms with Crippen LogP contribution in [-0.4, -0.2) is 56.3 Å². The van der Waals surface area contributed by atoms with Gasteiger partial charge in [-0.25, -0.2) is 4.79 Å². The Bertz CT molecular complexity index is 768. The Morgan fingerprint density at radius 3 is 2.83 bits per heavy atom.